The first kappa shape index (κ1) is 14.5. The second-order valence-electron chi connectivity index (χ2n) is 4.27. The van der Waals surface area contributed by atoms with Gasteiger partial charge in [0.25, 0.3) is 0 Å². The Bertz CT molecular complexity index is 356. The number of aliphatic hydroxyl groups excluding tert-OH is 1. The molecule has 0 bridgehead atoms. The van der Waals surface area contributed by atoms with Crippen molar-refractivity contribution in [3.63, 3.8) is 0 Å². The molecule has 1 rings (SSSR count). The van der Waals surface area contributed by atoms with E-state index < -0.39 is 0 Å². The first-order valence-electron chi connectivity index (χ1n) is 5.90. The van der Waals surface area contributed by atoms with Crippen molar-refractivity contribution in [2.45, 2.75) is 38.8 Å². The van der Waals surface area contributed by atoms with Gasteiger partial charge in [0.2, 0.25) is 0 Å². The van der Waals surface area contributed by atoms with Crippen LogP contribution < -0.4 is 5.32 Å². The molecule has 3 nitrogen and oxygen atoms in total. The van der Waals surface area contributed by atoms with Crippen LogP contribution in [0.4, 0.5) is 0 Å². The van der Waals surface area contributed by atoms with Gasteiger partial charge in [0.15, 0.2) is 0 Å². The molecule has 0 fully saturated rings. The molecule has 0 aliphatic heterocycles. The summed E-state index contributed by atoms with van der Waals surface area (Å²) in [5.41, 5.74) is 0.577. The van der Waals surface area contributed by atoms with Crippen LogP contribution in [0.15, 0.2) is 22.7 Å². The molecule has 0 aliphatic rings. The monoisotopic (exact) mass is 301 g/mol. The van der Waals surface area contributed by atoms with Crippen molar-refractivity contribution in [1.82, 2.24) is 5.32 Å². The minimum atomic E-state index is -0.255. The number of aliphatic hydroxyl groups is 1. The number of benzene rings is 1. The Kier molecular flexibility index (Phi) is 5.43. The molecule has 4 heteroatoms. The van der Waals surface area contributed by atoms with Gasteiger partial charge in [-0.15, -0.1) is 0 Å². The molecule has 0 spiro atoms. The molecule has 1 aromatic carbocycles. The number of aromatic hydroxyl groups is 1. The highest BCUT2D eigenvalue weighted by atomic mass is 79.9. The van der Waals surface area contributed by atoms with E-state index in [1.807, 2.05) is 19.9 Å². The summed E-state index contributed by atoms with van der Waals surface area (Å²) in [6.07, 6.45) is 1.71. The SMILES string of the molecule is CCC(CC)(CO)NCc1cc(Br)ccc1O. The Morgan fingerprint density at radius 1 is 1.29 bits per heavy atom. The topological polar surface area (TPSA) is 52.5 Å². The Labute approximate surface area is 111 Å². The van der Waals surface area contributed by atoms with Gasteiger partial charge in [0.05, 0.1) is 6.61 Å². The van der Waals surface area contributed by atoms with E-state index in [1.165, 1.54) is 0 Å². The predicted octanol–water partition coefficient (Wildman–Crippen LogP) is 2.80. The van der Waals surface area contributed by atoms with Crippen molar-refractivity contribution in [1.29, 1.82) is 0 Å². The van der Waals surface area contributed by atoms with Crippen molar-refractivity contribution in [3.8, 4) is 5.75 Å². The molecule has 3 N–H and O–H groups in total. The van der Waals surface area contributed by atoms with Crippen LogP contribution in [0.5, 0.6) is 5.75 Å². The van der Waals surface area contributed by atoms with E-state index in [0.29, 0.717) is 6.54 Å². The third-order valence-electron chi connectivity index (χ3n) is 3.35. The number of phenolic OH excluding ortho intramolecular Hbond substituents is 1. The van der Waals surface area contributed by atoms with Crippen molar-refractivity contribution >= 4 is 15.9 Å². The molecule has 0 heterocycles. The maximum Gasteiger partial charge on any atom is 0.120 e. The summed E-state index contributed by atoms with van der Waals surface area (Å²) in [6.45, 7) is 4.75. The predicted molar refractivity (Wildman–Crippen MR) is 73.0 cm³/mol. The second kappa shape index (κ2) is 6.38. The molecule has 0 saturated heterocycles. The second-order valence-corrected chi connectivity index (χ2v) is 5.19. The van der Waals surface area contributed by atoms with E-state index in [-0.39, 0.29) is 17.9 Å². The summed E-state index contributed by atoms with van der Waals surface area (Å²) in [5, 5.41) is 22.5. The van der Waals surface area contributed by atoms with E-state index in [2.05, 4.69) is 21.2 Å². The molecule has 0 saturated carbocycles. The fraction of sp³-hybridized carbons (Fsp3) is 0.538. The zero-order valence-corrected chi connectivity index (χ0v) is 11.9. The standard InChI is InChI=1S/C13H20BrNO2/c1-3-13(4-2,9-16)15-8-10-7-11(14)5-6-12(10)17/h5-7,15-17H,3-4,8-9H2,1-2H3. The van der Waals surface area contributed by atoms with Gasteiger partial charge in [0.1, 0.15) is 5.75 Å². The lowest BCUT2D eigenvalue weighted by Crippen LogP contribution is -2.47. The first-order chi connectivity index (χ1) is 8.06. The average molecular weight is 302 g/mol. The van der Waals surface area contributed by atoms with Gasteiger partial charge in [-0.05, 0) is 31.0 Å². The fourth-order valence-electron chi connectivity index (χ4n) is 1.76. The number of halogens is 1. The molecule has 0 amide bonds. The zero-order valence-electron chi connectivity index (χ0n) is 10.3. The molecule has 0 aliphatic carbocycles. The minimum absolute atomic E-state index is 0.106. The third kappa shape index (κ3) is 3.69. The Balaban J connectivity index is 2.75. The van der Waals surface area contributed by atoms with Crippen molar-refractivity contribution in [2.24, 2.45) is 0 Å². The Morgan fingerprint density at radius 2 is 1.94 bits per heavy atom. The van der Waals surface area contributed by atoms with Gasteiger partial charge in [-0.1, -0.05) is 29.8 Å². The maximum atomic E-state index is 9.73. The van der Waals surface area contributed by atoms with Crippen LogP contribution in [-0.2, 0) is 6.54 Å². The van der Waals surface area contributed by atoms with Crippen molar-refractivity contribution in [2.75, 3.05) is 6.61 Å². The molecule has 0 atom stereocenters. The molecule has 17 heavy (non-hydrogen) atoms. The molecule has 1 aromatic rings. The molecule has 96 valence electrons. The Hall–Kier alpha value is -0.580. The number of hydrogen-bond donors (Lipinski definition) is 3. The quantitative estimate of drug-likeness (QED) is 0.757. The summed E-state index contributed by atoms with van der Waals surface area (Å²) in [5.74, 6) is 0.278. The van der Waals surface area contributed by atoms with Crippen molar-refractivity contribution < 1.29 is 10.2 Å². The van der Waals surface area contributed by atoms with Crippen LogP contribution in [0.1, 0.15) is 32.3 Å². The van der Waals surface area contributed by atoms with E-state index in [4.69, 9.17) is 0 Å². The van der Waals surface area contributed by atoms with Crippen LogP contribution in [0.3, 0.4) is 0 Å². The molecule has 0 aromatic heterocycles. The third-order valence-corrected chi connectivity index (χ3v) is 3.84. The summed E-state index contributed by atoms with van der Waals surface area (Å²) < 4.78 is 0.940. The van der Waals surface area contributed by atoms with Crippen LogP contribution in [0.2, 0.25) is 0 Å². The number of hydrogen-bond acceptors (Lipinski definition) is 3. The lowest BCUT2D eigenvalue weighted by molar-refractivity contribution is 0.149. The van der Waals surface area contributed by atoms with Gasteiger partial charge in [-0.25, -0.2) is 0 Å². The summed E-state index contributed by atoms with van der Waals surface area (Å²) in [4.78, 5) is 0. The van der Waals surface area contributed by atoms with Crippen LogP contribution in [0, 0.1) is 0 Å². The van der Waals surface area contributed by atoms with Crippen molar-refractivity contribution in [3.05, 3.63) is 28.2 Å². The van der Waals surface area contributed by atoms with Crippen LogP contribution in [0.25, 0.3) is 0 Å². The Morgan fingerprint density at radius 3 is 2.47 bits per heavy atom. The molecule has 0 unspecified atom stereocenters. The van der Waals surface area contributed by atoms with Crippen LogP contribution in [-0.4, -0.2) is 22.4 Å². The number of nitrogens with one attached hydrogen (secondary N) is 1. The lowest BCUT2D eigenvalue weighted by atomic mass is 9.93. The molecule has 0 radical (unpaired) electrons. The number of phenols is 1. The van der Waals surface area contributed by atoms with Gasteiger partial charge < -0.3 is 15.5 Å². The van der Waals surface area contributed by atoms with Crippen LogP contribution >= 0.6 is 15.9 Å². The minimum Gasteiger partial charge on any atom is -0.508 e. The highest BCUT2D eigenvalue weighted by Crippen LogP contribution is 2.23. The smallest absolute Gasteiger partial charge is 0.120 e. The van der Waals surface area contributed by atoms with Gasteiger partial charge in [0, 0.05) is 22.1 Å². The van der Waals surface area contributed by atoms with E-state index >= 15 is 0 Å². The largest absolute Gasteiger partial charge is 0.508 e. The molecular formula is C13H20BrNO2. The summed E-state index contributed by atoms with van der Waals surface area (Å²) >= 11 is 3.38. The van der Waals surface area contributed by atoms with E-state index in [1.54, 1.807) is 12.1 Å². The summed E-state index contributed by atoms with van der Waals surface area (Å²) in [7, 11) is 0. The number of rotatable bonds is 6. The van der Waals surface area contributed by atoms with E-state index in [0.717, 1.165) is 22.9 Å². The highest BCUT2D eigenvalue weighted by molar-refractivity contribution is 9.10. The van der Waals surface area contributed by atoms with Gasteiger partial charge in [-0.2, -0.15) is 0 Å². The normalized spacial score (nSPS) is 11.8. The maximum absolute atomic E-state index is 9.73. The first-order valence-corrected chi connectivity index (χ1v) is 6.69. The van der Waals surface area contributed by atoms with Gasteiger partial charge >= 0.3 is 0 Å². The molecular weight excluding hydrogens is 282 g/mol. The zero-order chi connectivity index (χ0) is 12.9. The fourth-order valence-corrected chi connectivity index (χ4v) is 2.17. The van der Waals surface area contributed by atoms with E-state index in [9.17, 15) is 10.2 Å². The highest BCUT2D eigenvalue weighted by Gasteiger charge is 2.24. The average Bonchev–Trinajstić information content (AvgIpc) is 2.35. The van der Waals surface area contributed by atoms with Gasteiger partial charge in [-0.3, -0.25) is 0 Å². The summed E-state index contributed by atoms with van der Waals surface area (Å²) in [6, 6.07) is 5.35. The lowest BCUT2D eigenvalue weighted by Gasteiger charge is -2.31.